The molecular formula is C7H8F3NO3. The number of carboxylic acids is 1. The molecule has 0 radical (unpaired) electrons. The van der Waals surface area contributed by atoms with Crippen molar-refractivity contribution in [3.8, 4) is 0 Å². The van der Waals surface area contributed by atoms with Crippen LogP contribution in [0, 0.1) is 5.92 Å². The van der Waals surface area contributed by atoms with E-state index in [1.807, 2.05) is 0 Å². The molecule has 2 aliphatic rings. The van der Waals surface area contributed by atoms with E-state index in [0.717, 1.165) is 0 Å². The maximum atomic E-state index is 12.2. The number of nitrogens with one attached hydrogen (secondary N) is 1. The van der Waals surface area contributed by atoms with Gasteiger partial charge in [0.15, 0.2) is 0 Å². The Morgan fingerprint density at radius 3 is 2.64 bits per heavy atom. The molecule has 80 valence electrons. The summed E-state index contributed by atoms with van der Waals surface area (Å²) in [4.78, 5) is 10.5. The van der Waals surface area contributed by atoms with Crippen LogP contribution in [0.5, 0.6) is 0 Å². The smallest absolute Gasteiger partial charge is 0.395 e. The zero-order valence-electron chi connectivity index (χ0n) is 6.91. The van der Waals surface area contributed by atoms with Crippen molar-refractivity contribution in [1.29, 1.82) is 0 Å². The van der Waals surface area contributed by atoms with Crippen molar-refractivity contribution < 1.29 is 27.8 Å². The molecular weight excluding hydrogens is 203 g/mol. The van der Waals surface area contributed by atoms with Crippen LogP contribution >= 0.6 is 0 Å². The molecule has 2 rings (SSSR count). The summed E-state index contributed by atoms with van der Waals surface area (Å²) >= 11 is 0. The summed E-state index contributed by atoms with van der Waals surface area (Å²) < 4.78 is 41.4. The third-order valence-corrected chi connectivity index (χ3v) is 2.48. The van der Waals surface area contributed by atoms with Crippen molar-refractivity contribution in [3.63, 3.8) is 0 Å². The van der Waals surface area contributed by atoms with E-state index < -0.39 is 36.3 Å². The lowest BCUT2D eigenvalue weighted by atomic mass is 10.3. The summed E-state index contributed by atoms with van der Waals surface area (Å²) in [5, 5.41) is 10.9. The summed E-state index contributed by atoms with van der Waals surface area (Å²) in [6.45, 7) is -0.205. The van der Waals surface area contributed by atoms with Crippen molar-refractivity contribution in [3.05, 3.63) is 0 Å². The molecule has 1 aliphatic heterocycles. The molecule has 0 aromatic heterocycles. The Hall–Kier alpha value is -0.820. The van der Waals surface area contributed by atoms with Gasteiger partial charge in [0.1, 0.15) is 12.0 Å². The highest BCUT2D eigenvalue weighted by Crippen LogP contribution is 2.48. The number of hydrogen-bond acceptors (Lipinski definition) is 3. The Bertz CT molecular complexity index is 267. The second-order valence-corrected chi connectivity index (χ2v) is 3.45. The Morgan fingerprint density at radius 2 is 2.14 bits per heavy atom. The first-order valence-electron chi connectivity index (χ1n) is 4.08. The average molecular weight is 211 g/mol. The predicted molar refractivity (Wildman–Crippen MR) is 37.6 cm³/mol. The van der Waals surface area contributed by atoms with E-state index in [2.05, 4.69) is 5.32 Å². The van der Waals surface area contributed by atoms with Crippen molar-refractivity contribution >= 4 is 5.97 Å². The lowest BCUT2D eigenvalue weighted by Crippen LogP contribution is -2.46. The van der Waals surface area contributed by atoms with E-state index in [9.17, 15) is 18.0 Å². The van der Waals surface area contributed by atoms with Crippen LogP contribution in [-0.4, -0.2) is 42.0 Å². The minimum atomic E-state index is -4.31. The van der Waals surface area contributed by atoms with E-state index >= 15 is 0 Å². The highest BCUT2D eigenvalue weighted by molar-refractivity contribution is 5.74. The Morgan fingerprint density at radius 1 is 1.50 bits per heavy atom. The zero-order valence-corrected chi connectivity index (χ0v) is 6.91. The number of morpholine rings is 1. The fourth-order valence-corrected chi connectivity index (χ4v) is 1.71. The quantitative estimate of drug-likeness (QED) is 0.640. The maximum absolute atomic E-state index is 12.2. The van der Waals surface area contributed by atoms with Crippen LogP contribution in [0.3, 0.4) is 0 Å². The maximum Gasteiger partial charge on any atom is 0.395 e. The van der Waals surface area contributed by atoms with Crippen LogP contribution in [0.25, 0.3) is 0 Å². The Kier molecular flexibility index (Phi) is 1.97. The third kappa shape index (κ3) is 1.46. The standard InChI is InChI=1S/C7H8F3NO3/c8-7(9,10)3-4-5(3)14-1-2(11-4)6(12)13/h2-5,11H,1H2,(H,12,13)/t2-,3-,4-,5-/m0/s1. The number of carbonyl (C=O) groups is 1. The molecule has 2 fully saturated rings. The van der Waals surface area contributed by atoms with Gasteiger partial charge in [-0.2, -0.15) is 13.2 Å². The molecule has 14 heavy (non-hydrogen) atoms. The first-order valence-corrected chi connectivity index (χ1v) is 4.08. The van der Waals surface area contributed by atoms with Gasteiger partial charge in [-0.15, -0.1) is 0 Å². The number of fused-ring (bicyclic) bond motifs is 1. The zero-order chi connectivity index (χ0) is 10.5. The lowest BCUT2D eigenvalue weighted by Gasteiger charge is -2.18. The van der Waals surface area contributed by atoms with Crippen molar-refractivity contribution in [2.24, 2.45) is 5.92 Å². The third-order valence-electron chi connectivity index (χ3n) is 2.48. The van der Waals surface area contributed by atoms with Crippen LogP contribution in [0.1, 0.15) is 0 Å². The Balaban J connectivity index is 1.98. The van der Waals surface area contributed by atoms with Crippen molar-refractivity contribution in [1.82, 2.24) is 5.32 Å². The van der Waals surface area contributed by atoms with E-state index in [4.69, 9.17) is 9.84 Å². The van der Waals surface area contributed by atoms with Gasteiger partial charge in [-0.3, -0.25) is 10.1 Å². The number of halogens is 3. The fourth-order valence-electron chi connectivity index (χ4n) is 1.71. The van der Waals surface area contributed by atoms with Crippen molar-refractivity contribution in [2.75, 3.05) is 6.61 Å². The van der Waals surface area contributed by atoms with Gasteiger partial charge >= 0.3 is 12.1 Å². The normalized spacial score (nSPS) is 41.6. The molecule has 0 bridgehead atoms. The summed E-state index contributed by atoms with van der Waals surface area (Å²) in [5.41, 5.74) is 0. The van der Waals surface area contributed by atoms with E-state index in [-0.39, 0.29) is 6.61 Å². The van der Waals surface area contributed by atoms with E-state index in [1.165, 1.54) is 0 Å². The highest BCUT2D eigenvalue weighted by Gasteiger charge is 2.67. The van der Waals surface area contributed by atoms with E-state index in [0.29, 0.717) is 0 Å². The van der Waals surface area contributed by atoms with Crippen LogP contribution in [0.15, 0.2) is 0 Å². The summed E-state index contributed by atoms with van der Waals surface area (Å²) in [7, 11) is 0. The van der Waals surface area contributed by atoms with Gasteiger partial charge in [0.25, 0.3) is 0 Å². The van der Waals surface area contributed by atoms with Gasteiger partial charge in [0, 0.05) is 6.04 Å². The molecule has 2 N–H and O–H groups in total. The highest BCUT2D eigenvalue weighted by atomic mass is 19.4. The molecule has 4 atom stereocenters. The van der Waals surface area contributed by atoms with Gasteiger partial charge in [-0.05, 0) is 0 Å². The largest absolute Gasteiger partial charge is 0.480 e. The van der Waals surface area contributed by atoms with Crippen LogP contribution in [0.2, 0.25) is 0 Å². The molecule has 0 spiro atoms. The van der Waals surface area contributed by atoms with Crippen LogP contribution in [0.4, 0.5) is 13.2 Å². The molecule has 4 nitrogen and oxygen atoms in total. The molecule has 7 heteroatoms. The van der Waals surface area contributed by atoms with Gasteiger partial charge in [0.05, 0.1) is 12.7 Å². The molecule has 1 saturated carbocycles. The topological polar surface area (TPSA) is 58.6 Å². The number of hydrogen-bond donors (Lipinski definition) is 2. The second kappa shape index (κ2) is 2.83. The second-order valence-electron chi connectivity index (χ2n) is 3.45. The Labute approximate surface area is 77.0 Å². The monoisotopic (exact) mass is 211 g/mol. The lowest BCUT2D eigenvalue weighted by molar-refractivity contribution is -0.156. The first-order chi connectivity index (χ1) is 6.41. The first kappa shape index (κ1) is 9.72. The van der Waals surface area contributed by atoms with Gasteiger partial charge in [0.2, 0.25) is 0 Å². The summed E-state index contributed by atoms with van der Waals surface area (Å²) in [6, 6.07) is -1.91. The minimum absolute atomic E-state index is 0.205. The van der Waals surface area contributed by atoms with Gasteiger partial charge in [-0.25, -0.2) is 0 Å². The molecule has 0 aromatic carbocycles. The summed E-state index contributed by atoms with van der Waals surface area (Å²) in [6.07, 6.45) is -5.21. The molecule has 0 unspecified atom stereocenters. The number of carboxylic acid groups (broad SMARTS) is 1. The number of rotatable bonds is 1. The summed E-state index contributed by atoms with van der Waals surface area (Å²) in [5.74, 6) is -2.73. The molecule has 0 aromatic rings. The van der Waals surface area contributed by atoms with Crippen LogP contribution < -0.4 is 5.32 Å². The SMILES string of the molecule is O=C(O)[C@@H]1CO[C@@H]2[C@@H](N1)[C@@H]2C(F)(F)F. The van der Waals surface area contributed by atoms with Crippen molar-refractivity contribution in [2.45, 2.75) is 24.4 Å². The van der Waals surface area contributed by atoms with Gasteiger partial charge < -0.3 is 9.84 Å². The number of ether oxygens (including phenoxy) is 1. The number of alkyl halides is 3. The van der Waals surface area contributed by atoms with Crippen LogP contribution in [-0.2, 0) is 9.53 Å². The predicted octanol–water partition coefficient (Wildman–Crippen LogP) is -0.0113. The molecule has 1 saturated heterocycles. The minimum Gasteiger partial charge on any atom is -0.480 e. The van der Waals surface area contributed by atoms with E-state index in [1.54, 1.807) is 0 Å². The fraction of sp³-hybridized carbons (Fsp3) is 0.857. The molecule has 1 aliphatic carbocycles. The average Bonchev–Trinajstić information content (AvgIpc) is 2.74. The van der Waals surface area contributed by atoms with Gasteiger partial charge in [-0.1, -0.05) is 0 Å². The molecule has 0 amide bonds. The molecule has 1 heterocycles. The number of aliphatic carboxylic acids is 1.